The topological polar surface area (TPSA) is 73.2 Å². The first kappa shape index (κ1) is 18.3. The van der Waals surface area contributed by atoms with E-state index in [2.05, 4.69) is 11.8 Å². The Morgan fingerprint density at radius 1 is 1.18 bits per heavy atom. The third-order valence-electron chi connectivity index (χ3n) is 3.51. The van der Waals surface area contributed by atoms with Gasteiger partial charge in [-0.2, -0.15) is 0 Å². The minimum atomic E-state index is -0.989. The Morgan fingerprint density at radius 2 is 1.86 bits per heavy atom. The van der Waals surface area contributed by atoms with Gasteiger partial charge >= 0.3 is 6.09 Å². The van der Waals surface area contributed by atoms with Gasteiger partial charge in [0.25, 0.3) is 0 Å². The highest BCUT2D eigenvalue weighted by molar-refractivity contribution is 5.85. The van der Waals surface area contributed by atoms with Gasteiger partial charge in [0.05, 0.1) is 13.2 Å². The van der Waals surface area contributed by atoms with Crippen LogP contribution in [0.15, 0.2) is 24.3 Å². The Balaban J connectivity index is 2.26. The number of aliphatic hydroxyl groups is 1. The van der Waals surface area contributed by atoms with E-state index in [1.807, 2.05) is 0 Å². The van der Waals surface area contributed by atoms with E-state index in [0.29, 0.717) is 12.3 Å². The lowest BCUT2D eigenvalue weighted by atomic mass is 10.2. The summed E-state index contributed by atoms with van der Waals surface area (Å²) in [5, 5.41) is 17.8. The molecule has 124 valence electrons. The molecule has 6 nitrogen and oxygen atoms in total. The molecule has 1 aromatic carbocycles. The highest BCUT2D eigenvalue weighted by Gasteiger charge is 2.07. The van der Waals surface area contributed by atoms with Crippen molar-refractivity contribution in [3.8, 4) is 5.75 Å². The predicted molar refractivity (Wildman–Crippen MR) is 86.8 cm³/mol. The Labute approximate surface area is 131 Å². The molecule has 6 heteroatoms. The van der Waals surface area contributed by atoms with Gasteiger partial charge in [0.2, 0.25) is 0 Å². The maximum atomic E-state index is 10.8. The second-order valence-electron chi connectivity index (χ2n) is 5.05. The predicted octanol–water partition coefficient (Wildman–Crippen LogP) is 2.27. The number of hydrogen-bond acceptors (Lipinski definition) is 4. The van der Waals surface area contributed by atoms with Crippen LogP contribution in [0, 0.1) is 0 Å². The molecule has 0 aliphatic rings. The van der Waals surface area contributed by atoms with E-state index in [4.69, 9.17) is 14.9 Å². The molecule has 0 atom stereocenters. The summed E-state index contributed by atoms with van der Waals surface area (Å²) in [4.78, 5) is 14.2. The van der Waals surface area contributed by atoms with Crippen LogP contribution in [-0.4, -0.2) is 61.1 Å². The van der Waals surface area contributed by atoms with Crippen molar-refractivity contribution in [3.63, 3.8) is 0 Å². The molecular weight excluding hydrogens is 284 g/mol. The van der Waals surface area contributed by atoms with Crippen molar-refractivity contribution in [1.82, 2.24) is 4.90 Å². The van der Waals surface area contributed by atoms with Gasteiger partial charge < -0.3 is 19.8 Å². The van der Waals surface area contributed by atoms with Gasteiger partial charge in [-0.3, -0.25) is 4.90 Å². The SMILES string of the molecule is CCN(CCO)CCCCOc1ccc(N(C)C(=O)O)cc1. The quantitative estimate of drug-likeness (QED) is 0.649. The second kappa shape index (κ2) is 10.0. The normalized spacial score (nSPS) is 10.7. The molecule has 0 unspecified atom stereocenters. The molecule has 0 saturated heterocycles. The average Bonchev–Trinajstić information content (AvgIpc) is 2.53. The molecule has 1 aromatic rings. The number of rotatable bonds is 10. The van der Waals surface area contributed by atoms with Crippen LogP contribution in [0.2, 0.25) is 0 Å². The average molecular weight is 310 g/mol. The van der Waals surface area contributed by atoms with Crippen LogP contribution in [0.25, 0.3) is 0 Å². The first-order chi connectivity index (χ1) is 10.6. The number of unbranched alkanes of at least 4 members (excludes halogenated alkanes) is 1. The molecule has 0 heterocycles. The number of likely N-dealkylation sites (N-methyl/N-ethyl adjacent to an activating group) is 1. The van der Waals surface area contributed by atoms with E-state index in [9.17, 15) is 4.79 Å². The summed E-state index contributed by atoms with van der Waals surface area (Å²) in [7, 11) is 1.50. The minimum absolute atomic E-state index is 0.196. The molecule has 0 spiro atoms. The van der Waals surface area contributed by atoms with Gasteiger partial charge in [-0.05, 0) is 50.2 Å². The summed E-state index contributed by atoms with van der Waals surface area (Å²) >= 11 is 0. The van der Waals surface area contributed by atoms with E-state index < -0.39 is 6.09 Å². The molecule has 0 aromatic heterocycles. The summed E-state index contributed by atoms with van der Waals surface area (Å²) in [6.45, 7) is 5.53. The highest BCUT2D eigenvalue weighted by Crippen LogP contribution is 2.18. The lowest BCUT2D eigenvalue weighted by molar-refractivity contribution is 0.195. The fraction of sp³-hybridized carbons (Fsp3) is 0.562. The van der Waals surface area contributed by atoms with Crippen molar-refractivity contribution in [3.05, 3.63) is 24.3 Å². The van der Waals surface area contributed by atoms with Crippen molar-refractivity contribution >= 4 is 11.8 Å². The zero-order chi connectivity index (χ0) is 16.4. The van der Waals surface area contributed by atoms with Gasteiger partial charge in [0.15, 0.2) is 0 Å². The van der Waals surface area contributed by atoms with E-state index in [1.165, 1.54) is 7.05 Å². The second-order valence-corrected chi connectivity index (χ2v) is 5.05. The molecule has 2 N–H and O–H groups in total. The third-order valence-corrected chi connectivity index (χ3v) is 3.51. The lowest BCUT2D eigenvalue weighted by Gasteiger charge is -2.18. The maximum absolute atomic E-state index is 10.8. The summed E-state index contributed by atoms with van der Waals surface area (Å²) in [5.74, 6) is 0.741. The Kier molecular flexibility index (Phi) is 8.32. The van der Waals surface area contributed by atoms with E-state index in [-0.39, 0.29) is 6.61 Å². The van der Waals surface area contributed by atoms with E-state index in [0.717, 1.165) is 43.1 Å². The molecule has 1 rings (SSSR count). The first-order valence-electron chi connectivity index (χ1n) is 7.61. The van der Waals surface area contributed by atoms with Crippen LogP contribution in [0.3, 0.4) is 0 Å². The maximum Gasteiger partial charge on any atom is 0.411 e. The Hall–Kier alpha value is -1.79. The number of nitrogens with zero attached hydrogens (tertiary/aromatic N) is 2. The summed E-state index contributed by atoms with van der Waals surface area (Å²) in [6.07, 6.45) is 0.976. The van der Waals surface area contributed by atoms with Crippen LogP contribution in [0.5, 0.6) is 5.75 Å². The molecular formula is C16H26N2O4. The van der Waals surface area contributed by atoms with Crippen LogP contribution in [0.4, 0.5) is 10.5 Å². The Morgan fingerprint density at radius 3 is 2.41 bits per heavy atom. The zero-order valence-corrected chi connectivity index (χ0v) is 13.4. The number of aliphatic hydroxyl groups excluding tert-OH is 1. The number of carboxylic acid groups (broad SMARTS) is 1. The van der Waals surface area contributed by atoms with Crippen LogP contribution in [-0.2, 0) is 0 Å². The molecule has 0 bridgehead atoms. The first-order valence-corrected chi connectivity index (χ1v) is 7.61. The molecule has 0 radical (unpaired) electrons. The molecule has 0 aliphatic carbocycles. The summed E-state index contributed by atoms with van der Waals surface area (Å²) in [6, 6.07) is 7.00. The minimum Gasteiger partial charge on any atom is -0.494 e. The highest BCUT2D eigenvalue weighted by atomic mass is 16.5. The molecule has 0 fully saturated rings. The molecule has 0 aliphatic heterocycles. The molecule has 1 amide bonds. The Bertz CT molecular complexity index is 436. The largest absolute Gasteiger partial charge is 0.494 e. The van der Waals surface area contributed by atoms with Gasteiger partial charge in [0.1, 0.15) is 5.75 Å². The number of anilines is 1. The van der Waals surface area contributed by atoms with Crippen molar-refractivity contribution in [2.75, 3.05) is 44.8 Å². The van der Waals surface area contributed by atoms with Gasteiger partial charge in [-0.15, -0.1) is 0 Å². The molecule has 22 heavy (non-hydrogen) atoms. The lowest BCUT2D eigenvalue weighted by Crippen LogP contribution is -2.27. The van der Waals surface area contributed by atoms with Crippen molar-refractivity contribution in [2.24, 2.45) is 0 Å². The van der Waals surface area contributed by atoms with Crippen molar-refractivity contribution < 1.29 is 19.7 Å². The van der Waals surface area contributed by atoms with Gasteiger partial charge in [-0.25, -0.2) is 4.79 Å². The van der Waals surface area contributed by atoms with E-state index in [1.54, 1.807) is 24.3 Å². The fourth-order valence-electron chi connectivity index (χ4n) is 2.07. The van der Waals surface area contributed by atoms with Crippen LogP contribution >= 0.6 is 0 Å². The number of amides is 1. The fourth-order valence-corrected chi connectivity index (χ4v) is 2.07. The summed E-state index contributed by atoms with van der Waals surface area (Å²) < 4.78 is 5.64. The third kappa shape index (κ3) is 6.32. The van der Waals surface area contributed by atoms with Crippen LogP contribution < -0.4 is 9.64 Å². The zero-order valence-electron chi connectivity index (χ0n) is 13.4. The summed E-state index contributed by atoms with van der Waals surface area (Å²) in [5.41, 5.74) is 0.613. The number of ether oxygens (including phenoxy) is 1. The number of carbonyl (C=O) groups is 1. The standard InChI is InChI=1S/C16H26N2O4/c1-3-18(11-12-19)10-4-5-13-22-15-8-6-14(7-9-15)17(2)16(20)21/h6-9,19H,3-5,10-13H2,1-2H3,(H,20,21). The number of hydrogen-bond donors (Lipinski definition) is 2. The van der Waals surface area contributed by atoms with Gasteiger partial charge in [-0.1, -0.05) is 6.92 Å². The van der Waals surface area contributed by atoms with Crippen molar-refractivity contribution in [2.45, 2.75) is 19.8 Å². The molecule has 0 saturated carbocycles. The van der Waals surface area contributed by atoms with Gasteiger partial charge in [0, 0.05) is 19.3 Å². The smallest absolute Gasteiger partial charge is 0.411 e. The van der Waals surface area contributed by atoms with Crippen LogP contribution in [0.1, 0.15) is 19.8 Å². The number of benzene rings is 1. The van der Waals surface area contributed by atoms with Crippen molar-refractivity contribution in [1.29, 1.82) is 0 Å². The monoisotopic (exact) mass is 310 g/mol. The van der Waals surface area contributed by atoms with E-state index >= 15 is 0 Å².